The standard InChI is InChI=1S/C10H15Br2F2N3/c1-7-10(12)8(16(2)15-7)5-17(4-3-11)6-9(13)14/h9H,3-6H2,1-2H3. The molecular weight excluding hydrogens is 360 g/mol. The van der Waals surface area contributed by atoms with E-state index in [2.05, 4.69) is 37.0 Å². The molecule has 1 aromatic heterocycles. The topological polar surface area (TPSA) is 21.1 Å². The van der Waals surface area contributed by atoms with Crippen molar-refractivity contribution in [3.8, 4) is 0 Å². The van der Waals surface area contributed by atoms with Gasteiger partial charge in [0.2, 0.25) is 0 Å². The third-order valence-corrected chi connectivity index (χ3v) is 3.82. The second-order valence-corrected chi connectivity index (χ2v) is 5.37. The van der Waals surface area contributed by atoms with Gasteiger partial charge in [-0.1, -0.05) is 15.9 Å². The molecule has 1 rings (SSSR count). The van der Waals surface area contributed by atoms with Gasteiger partial charge in [0.1, 0.15) is 0 Å². The van der Waals surface area contributed by atoms with E-state index in [1.165, 1.54) is 0 Å². The van der Waals surface area contributed by atoms with Crippen molar-refractivity contribution in [1.82, 2.24) is 14.7 Å². The van der Waals surface area contributed by atoms with Crippen molar-refractivity contribution in [3.05, 3.63) is 15.9 Å². The van der Waals surface area contributed by atoms with Gasteiger partial charge in [-0.3, -0.25) is 9.58 Å². The third-order valence-electron chi connectivity index (χ3n) is 2.43. The molecule has 7 heteroatoms. The van der Waals surface area contributed by atoms with Crippen LogP contribution in [0.5, 0.6) is 0 Å². The zero-order valence-electron chi connectivity index (χ0n) is 9.76. The Morgan fingerprint density at radius 1 is 1.47 bits per heavy atom. The highest BCUT2D eigenvalue weighted by Crippen LogP contribution is 2.21. The number of hydrogen-bond acceptors (Lipinski definition) is 2. The summed E-state index contributed by atoms with van der Waals surface area (Å²) in [6, 6.07) is 0. The van der Waals surface area contributed by atoms with Gasteiger partial charge >= 0.3 is 0 Å². The van der Waals surface area contributed by atoms with Crippen LogP contribution in [0.25, 0.3) is 0 Å². The minimum atomic E-state index is -2.32. The number of alkyl halides is 3. The van der Waals surface area contributed by atoms with Crippen LogP contribution in [0.3, 0.4) is 0 Å². The Morgan fingerprint density at radius 2 is 2.12 bits per heavy atom. The Balaban J connectivity index is 2.78. The van der Waals surface area contributed by atoms with Gasteiger partial charge in [0.15, 0.2) is 0 Å². The summed E-state index contributed by atoms with van der Waals surface area (Å²) in [4.78, 5) is 1.71. The summed E-state index contributed by atoms with van der Waals surface area (Å²) in [5, 5.41) is 4.92. The molecule has 0 bridgehead atoms. The van der Waals surface area contributed by atoms with Gasteiger partial charge in [-0.25, -0.2) is 8.78 Å². The predicted molar refractivity (Wildman–Crippen MR) is 70.7 cm³/mol. The van der Waals surface area contributed by atoms with E-state index < -0.39 is 6.43 Å². The number of aryl methyl sites for hydroxylation is 2. The smallest absolute Gasteiger partial charge is 0.251 e. The SMILES string of the molecule is Cc1nn(C)c(CN(CCBr)CC(F)F)c1Br. The van der Waals surface area contributed by atoms with Crippen LogP contribution in [0.15, 0.2) is 4.47 Å². The molecule has 0 aromatic carbocycles. The lowest BCUT2D eigenvalue weighted by molar-refractivity contribution is 0.0869. The highest BCUT2D eigenvalue weighted by Gasteiger charge is 2.17. The molecule has 0 amide bonds. The Morgan fingerprint density at radius 3 is 2.53 bits per heavy atom. The summed E-state index contributed by atoms with van der Waals surface area (Å²) in [5.74, 6) is 0. The molecule has 0 saturated carbocycles. The average Bonchev–Trinajstić information content (AvgIpc) is 2.44. The first-order valence-corrected chi connectivity index (χ1v) is 7.11. The van der Waals surface area contributed by atoms with Gasteiger partial charge in [0, 0.05) is 25.5 Å². The summed E-state index contributed by atoms with van der Waals surface area (Å²) in [5.41, 5.74) is 1.79. The number of rotatable bonds is 6. The molecule has 0 aliphatic rings. The van der Waals surface area contributed by atoms with E-state index in [1.54, 1.807) is 9.58 Å². The normalized spacial score (nSPS) is 11.8. The van der Waals surface area contributed by atoms with Crippen LogP contribution in [-0.2, 0) is 13.6 Å². The molecule has 98 valence electrons. The maximum absolute atomic E-state index is 12.4. The van der Waals surface area contributed by atoms with E-state index in [-0.39, 0.29) is 6.54 Å². The predicted octanol–water partition coefficient (Wildman–Crippen LogP) is 2.95. The van der Waals surface area contributed by atoms with Crippen molar-refractivity contribution < 1.29 is 8.78 Å². The quantitative estimate of drug-likeness (QED) is 0.714. The first-order chi connectivity index (χ1) is 7.95. The largest absolute Gasteiger partial charge is 0.291 e. The molecule has 17 heavy (non-hydrogen) atoms. The lowest BCUT2D eigenvalue weighted by Gasteiger charge is -2.21. The minimum Gasteiger partial charge on any atom is -0.291 e. The molecule has 1 heterocycles. The van der Waals surface area contributed by atoms with Crippen LogP contribution < -0.4 is 0 Å². The van der Waals surface area contributed by atoms with Crippen LogP contribution in [0.1, 0.15) is 11.4 Å². The Labute approximate surface area is 116 Å². The van der Waals surface area contributed by atoms with Gasteiger partial charge < -0.3 is 0 Å². The molecule has 0 aliphatic heterocycles. The van der Waals surface area contributed by atoms with Crippen LogP contribution in [0, 0.1) is 6.92 Å². The summed E-state index contributed by atoms with van der Waals surface area (Å²) in [7, 11) is 1.82. The molecule has 0 radical (unpaired) electrons. The highest BCUT2D eigenvalue weighted by molar-refractivity contribution is 9.10. The van der Waals surface area contributed by atoms with Crippen LogP contribution in [0.4, 0.5) is 8.78 Å². The molecule has 1 aromatic rings. The van der Waals surface area contributed by atoms with Crippen molar-refractivity contribution >= 4 is 31.9 Å². The monoisotopic (exact) mass is 373 g/mol. The van der Waals surface area contributed by atoms with E-state index in [0.717, 1.165) is 15.9 Å². The fourth-order valence-corrected chi connectivity index (χ4v) is 2.58. The Hall–Kier alpha value is -0.0100. The van der Waals surface area contributed by atoms with E-state index in [4.69, 9.17) is 0 Å². The lowest BCUT2D eigenvalue weighted by Crippen LogP contribution is -2.31. The number of halogens is 4. The molecular formula is C10H15Br2F2N3. The molecule has 0 fully saturated rings. The fraction of sp³-hybridized carbons (Fsp3) is 0.700. The summed E-state index contributed by atoms with van der Waals surface area (Å²) < 4.78 is 27.5. The Kier molecular flexibility index (Phi) is 6.02. The van der Waals surface area contributed by atoms with Crippen LogP contribution in [-0.4, -0.2) is 39.5 Å². The van der Waals surface area contributed by atoms with Crippen molar-refractivity contribution in [2.75, 3.05) is 18.4 Å². The highest BCUT2D eigenvalue weighted by atomic mass is 79.9. The fourth-order valence-electron chi connectivity index (χ4n) is 1.61. The van der Waals surface area contributed by atoms with E-state index in [1.807, 2.05) is 14.0 Å². The third kappa shape index (κ3) is 4.30. The van der Waals surface area contributed by atoms with Gasteiger partial charge in [-0.15, -0.1) is 0 Å². The first kappa shape index (κ1) is 15.0. The van der Waals surface area contributed by atoms with E-state index >= 15 is 0 Å². The maximum Gasteiger partial charge on any atom is 0.251 e. The summed E-state index contributed by atoms with van der Waals surface area (Å²) >= 11 is 6.71. The van der Waals surface area contributed by atoms with E-state index in [9.17, 15) is 8.78 Å². The molecule has 3 nitrogen and oxygen atoms in total. The van der Waals surface area contributed by atoms with Crippen molar-refractivity contribution in [2.24, 2.45) is 7.05 Å². The average molecular weight is 375 g/mol. The molecule has 0 atom stereocenters. The number of nitrogens with zero attached hydrogens (tertiary/aromatic N) is 3. The maximum atomic E-state index is 12.4. The first-order valence-electron chi connectivity index (χ1n) is 5.20. The van der Waals surface area contributed by atoms with Gasteiger partial charge in [0.05, 0.1) is 22.4 Å². The van der Waals surface area contributed by atoms with Crippen molar-refractivity contribution in [3.63, 3.8) is 0 Å². The number of aromatic nitrogens is 2. The molecule has 0 aliphatic carbocycles. The lowest BCUT2D eigenvalue weighted by atomic mass is 10.3. The van der Waals surface area contributed by atoms with E-state index in [0.29, 0.717) is 18.4 Å². The summed E-state index contributed by atoms with van der Waals surface area (Å²) in [6.07, 6.45) is -2.32. The van der Waals surface area contributed by atoms with Gasteiger partial charge in [-0.05, 0) is 22.9 Å². The Bertz CT molecular complexity index is 369. The zero-order chi connectivity index (χ0) is 13.0. The van der Waals surface area contributed by atoms with Crippen molar-refractivity contribution in [2.45, 2.75) is 19.9 Å². The second-order valence-electron chi connectivity index (χ2n) is 3.78. The molecule has 0 N–H and O–H groups in total. The molecule has 0 unspecified atom stereocenters. The minimum absolute atomic E-state index is 0.220. The zero-order valence-corrected chi connectivity index (χ0v) is 12.9. The van der Waals surface area contributed by atoms with Gasteiger partial charge in [-0.2, -0.15) is 5.10 Å². The molecule has 0 saturated heterocycles. The van der Waals surface area contributed by atoms with Crippen molar-refractivity contribution in [1.29, 1.82) is 0 Å². The van der Waals surface area contributed by atoms with Crippen LogP contribution >= 0.6 is 31.9 Å². The van der Waals surface area contributed by atoms with Gasteiger partial charge in [0.25, 0.3) is 6.43 Å². The molecule has 0 spiro atoms. The summed E-state index contributed by atoms with van der Waals surface area (Å²) in [6.45, 7) is 2.71. The second kappa shape index (κ2) is 6.80. The number of hydrogen-bond donors (Lipinski definition) is 0. The van der Waals surface area contributed by atoms with Crippen LogP contribution in [0.2, 0.25) is 0 Å².